The molecule has 0 aromatic carbocycles. The van der Waals surface area contributed by atoms with Crippen LogP contribution in [-0.4, -0.2) is 20.9 Å². The molecule has 0 unspecified atom stereocenters. The van der Waals surface area contributed by atoms with E-state index >= 15 is 0 Å². The molecule has 2 rings (SSSR count). The van der Waals surface area contributed by atoms with Gasteiger partial charge in [0, 0.05) is 6.04 Å². The van der Waals surface area contributed by atoms with Gasteiger partial charge in [0.25, 0.3) is 0 Å². The standard InChI is InChI=1S/C9H12N4O2/c14-13(15)8-5-10-9(11-6-8)12-7-3-1-2-4-7/h5-7H,1-4H2,(H,10,11,12). The highest BCUT2D eigenvalue weighted by Gasteiger charge is 2.16. The first-order valence-electron chi connectivity index (χ1n) is 4.98. The average molecular weight is 208 g/mol. The molecule has 0 amide bonds. The Morgan fingerprint density at radius 3 is 2.47 bits per heavy atom. The summed E-state index contributed by atoms with van der Waals surface area (Å²) in [4.78, 5) is 17.7. The van der Waals surface area contributed by atoms with Gasteiger partial charge in [-0.2, -0.15) is 0 Å². The lowest BCUT2D eigenvalue weighted by Crippen LogP contribution is -2.16. The number of nitrogens with zero attached hydrogens (tertiary/aromatic N) is 3. The van der Waals surface area contributed by atoms with Crippen molar-refractivity contribution < 1.29 is 4.92 Å². The van der Waals surface area contributed by atoms with E-state index in [0.717, 1.165) is 12.8 Å². The van der Waals surface area contributed by atoms with E-state index in [1.54, 1.807) is 0 Å². The summed E-state index contributed by atoms with van der Waals surface area (Å²) in [5, 5.41) is 13.5. The third kappa shape index (κ3) is 2.39. The molecule has 6 nitrogen and oxygen atoms in total. The van der Waals surface area contributed by atoms with E-state index in [1.165, 1.54) is 25.2 Å². The molecule has 0 bridgehead atoms. The zero-order valence-corrected chi connectivity index (χ0v) is 8.22. The van der Waals surface area contributed by atoms with Crippen LogP contribution in [0.4, 0.5) is 11.6 Å². The van der Waals surface area contributed by atoms with Crippen LogP contribution in [-0.2, 0) is 0 Å². The van der Waals surface area contributed by atoms with Gasteiger partial charge in [-0.25, -0.2) is 9.97 Å². The highest BCUT2D eigenvalue weighted by molar-refractivity contribution is 5.31. The largest absolute Gasteiger partial charge is 0.351 e. The van der Waals surface area contributed by atoms with Gasteiger partial charge in [0.05, 0.1) is 4.92 Å². The number of nitrogens with one attached hydrogen (secondary N) is 1. The zero-order valence-electron chi connectivity index (χ0n) is 8.22. The van der Waals surface area contributed by atoms with Crippen molar-refractivity contribution in [3.05, 3.63) is 22.5 Å². The molecular formula is C9H12N4O2. The van der Waals surface area contributed by atoms with Crippen molar-refractivity contribution in [3.8, 4) is 0 Å². The van der Waals surface area contributed by atoms with Crippen LogP contribution >= 0.6 is 0 Å². The molecule has 0 atom stereocenters. The van der Waals surface area contributed by atoms with E-state index in [2.05, 4.69) is 15.3 Å². The Morgan fingerprint density at radius 2 is 1.93 bits per heavy atom. The molecule has 0 aliphatic heterocycles. The minimum absolute atomic E-state index is 0.0769. The van der Waals surface area contributed by atoms with Crippen molar-refractivity contribution in [2.45, 2.75) is 31.7 Å². The van der Waals surface area contributed by atoms with E-state index in [4.69, 9.17) is 0 Å². The van der Waals surface area contributed by atoms with Crippen LogP contribution < -0.4 is 5.32 Å². The second-order valence-electron chi connectivity index (χ2n) is 3.65. The summed E-state index contributed by atoms with van der Waals surface area (Å²) in [5.41, 5.74) is -0.0769. The Morgan fingerprint density at radius 1 is 1.33 bits per heavy atom. The summed E-state index contributed by atoms with van der Waals surface area (Å²) in [7, 11) is 0. The van der Waals surface area contributed by atoms with Gasteiger partial charge in [-0.15, -0.1) is 0 Å². The maximum Gasteiger partial charge on any atom is 0.305 e. The van der Waals surface area contributed by atoms with Crippen LogP contribution in [0.25, 0.3) is 0 Å². The van der Waals surface area contributed by atoms with E-state index in [1.807, 2.05) is 0 Å². The van der Waals surface area contributed by atoms with Gasteiger partial charge in [0.2, 0.25) is 5.95 Å². The first-order chi connectivity index (χ1) is 7.25. The van der Waals surface area contributed by atoms with Gasteiger partial charge in [0.1, 0.15) is 12.4 Å². The van der Waals surface area contributed by atoms with Crippen molar-refractivity contribution >= 4 is 11.6 Å². The lowest BCUT2D eigenvalue weighted by Gasteiger charge is -2.10. The van der Waals surface area contributed by atoms with Crippen LogP contribution in [0.2, 0.25) is 0 Å². The van der Waals surface area contributed by atoms with E-state index < -0.39 is 4.92 Å². The lowest BCUT2D eigenvalue weighted by molar-refractivity contribution is -0.385. The number of rotatable bonds is 3. The molecule has 0 radical (unpaired) electrons. The predicted molar refractivity (Wildman–Crippen MR) is 54.6 cm³/mol. The topological polar surface area (TPSA) is 81.0 Å². The van der Waals surface area contributed by atoms with Gasteiger partial charge >= 0.3 is 5.69 Å². The smallest absolute Gasteiger partial charge is 0.305 e. The molecule has 15 heavy (non-hydrogen) atoms. The van der Waals surface area contributed by atoms with E-state index in [0.29, 0.717) is 12.0 Å². The number of anilines is 1. The molecule has 1 heterocycles. The van der Waals surface area contributed by atoms with Crippen molar-refractivity contribution in [1.82, 2.24) is 9.97 Å². The monoisotopic (exact) mass is 208 g/mol. The minimum Gasteiger partial charge on any atom is -0.351 e. The van der Waals surface area contributed by atoms with Crippen LogP contribution in [0, 0.1) is 10.1 Å². The SMILES string of the molecule is O=[N+]([O-])c1cnc(NC2CCCC2)nc1. The molecule has 1 aliphatic rings. The van der Waals surface area contributed by atoms with E-state index in [-0.39, 0.29) is 5.69 Å². The molecule has 1 aromatic heterocycles. The Balaban J connectivity index is 2.00. The Bertz CT molecular complexity index is 346. The quantitative estimate of drug-likeness (QED) is 0.604. The summed E-state index contributed by atoms with van der Waals surface area (Å²) in [6.07, 6.45) is 7.16. The van der Waals surface area contributed by atoms with Crippen molar-refractivity contribution in [2.24, 2.45) is 0 Å². The normalized spacial score (nSPS) is 16.5. The molecule has 0 saturated heterocycles. The van der Waals surface area contributed by atoms with Crippen LogP contribution in [0.3, 0.4) is 0 Å². The highest BCUT2D eigenvalue weighted by atomic mass is 16.6. The Hall–Kier alpha value is -1.72. The molecule has 80 valence electrons. The molecule has 1 saturated carbocycles. The second-order valence-corrected chi connectivity index (χ2v) is 3.65. The molecule has 1 N–H and O–H groups in total. The number of aromatic nitrogens is 2. The fourth-order valence-electron chi connectivity index (χ4n) is 1.74. The molecule has 1 aromatic rings. The third-order valence-corrected chi connectivity index (χ3v) is 2.54. The van der Waals surface area contributed by atoms with Gasteiger partial charge < -0.3 is 5.32 Å². The molecule has 1 fully saturated rings. The van der Waals surface area contributed by atoms with Gasteiger partial charge in [0.15, 0.2) is 0 Å². The number of hydrogen-bond acceptors (Lipinski definition) is 5. The minimum atomic E-state index is -0.501. The van der Waals surface area contributed by atoms with Crippen LogP contribution in [0.15, 0.2) is 12.4 Å². The highest BCUT2D eigenvalue weighted by Crippen LogP contribution is 2.20. The number of nitro groups is 1. The Kier molecular flexibility index (Phi) is 2.75. The molecule has 1 aliphatic carbocycles. The fraction of sp³-hybridized carbons (Fsp3) is 0.556. The second kappa shape index (κ2) is 4.20. The van der Waals surface area contributed by atoms with Crippen molar-refractivity contribution in [2.75, 3.05) is 5.32 Å². The third-order valence-electron chi connectivity index (χ3n) is 2.54. The summed E-state index contributed by atoms with van der Waals surface area (Å²) in [6, 6.07) is 0.423. The summed E-state index contributed by atoms with van der Waals surface area (Å²) in [5.74, 6) is 0.479. The first-order valence-corrected chi connectivity index (χ1v) is 4.98. The van der Waals surface area contributed by atoms with Gasteiger partial charge in [-0.3, -0.25) is 10.1 Å². The van der Waals surface area contributed by atoms with Crippen LogP contribution in [0.5, 0.6) is 0 Å². The summed E-state index contributed by atoms with van der Waals surface area (Å²) >= 11 is 0. The van der Waals surface area contributed by atoms with Crippen molar-refractivity contribution in [3.63, 3.8) is 0 Å². The molecular weight excluding hydrogens is 196 g/mol. The van der Waals surface area contributed by atoms with Gasteiger partial charge in [-0.1, -0.05) is 12.8 Å². The maximum atomic E-state index is 10.4. The predicted octanol–water partition coefficient (Wildman–Crippen LogP) is 1.74. The maximum absolute atomic E-state index is 10.4. The summed E-state index contributed by atoms with van der Waals surface area (Å²) < 4.78 is 0. The van der Waals surface area contributed by atoms with Gasteiger partial charge in [-0.05, 0) is 12.8 Å². The fourth-order valence-corrected chi connectivity index (χ4v) is 1.74. The molecule has 6 heteroatoms. The van der Waals surface area contributed by atoms with Crippen LogP contribution in [0.1, 0.15) is 25.7 Å². The average Bonchev–Trinajstić information content (AvgIpc) is 2.71. The lowest BCUT2D eigenvalue weighted by atomic mass is 10.2. The number of hydrogen-bond donors (Lipinski definition) is 1. The zero-order chi connectivity index (χ0) is 10.7. The van der Waals surface area contributed by atoms with E-state index in [9.17, 15) is 10.1 Å². The molecule has 0 spiro atoms. The first kappa shape index (κ1) is 9.82. The van der Waals surface area contributed by atoms with Crippen molar-refractivity contribution in [1.29, 1.82) is 0 Å². The summed E-state index contributed by atoms with van der Waals surface area (Å²) in [6.45, 7) is 0. The Labute approximate surface area is 86.9 Å².